The first-order valence-electron chi connectivity index (χ1n) is 11.7. The minimum absolute atomic E-state index is 0.120. The standard InChI is InChI=1S/C28H27ClN4OS/c1-4-19-8-11-21(12-9-19)32-17(2)15-22(18(32)3)27-26(23-7-5-6-14-30-23)31-28(35)33(27)24-16-20(29)10-13-25(24)34/h5-16,26-27,34H,4H2,1-3H3,(H,31,35)/t26-,27-/m0/s1. The van der Waals surface area contributed by atoms with Crippen molar-refractivity contribution in [1.29, 1.82) is 0 Å². The highest BCUT2D eigenvalue weighted by molar-refractivity contribution is 7.80. The van der Waals surface area contributed by atoms with E-state index >= 15 is 0 Å². The first-order valence-corrected chi connectivity index (χ1v) is 12.4. The minimum atomic E-state index is -0.239. The third kappa shape index (κ3) is 4.17. The van der Waals surface area contributed by atoms with Crippen LogP contribution in [0.4, 0.5) is 5.69 Å². The molecule has 0 bridgehead atoms. The van der Waals surface area contributed by atoms with Crippen molar-refractivity contribution in [3.05, 3.63) is 106 Å². The highest BCUT2D eigenvalue weighted by Crippen LogP contribution is 2.46. The quantitative estimate of drug-likeness (QED) is 0.301. The second-order valence-electron chi connectivity index (χ2n) is 8.81. The van der Waals surface area contributed by atoms with Crippen LogP contribution in [-0.2, 0) is 6.42 Å². The summed E-state index contributed by atoms with van der Waals surface area (Å²) in [5.41, 5.74) is 7.19. The van der Waals surface area contributed by atoms with Gasteiger partial charge in [-0.1, -0.05) is 36.7 Å². The highest BCUT2D eigenvalue weighted by atomic mass is 35.5. The van der Waals surface area contributed by atoms with Crippen molar-refractivity contribution in [2.24, 2.45) is 0 Å². The predicted molar refractivity (Wildman–Crippen MR) is 146 cm³/mol. The summed E-state index contributed by atoms with van der Waals surface area (Å²) in [5, 5.41) is 15.3. The number of hydrogen-bond acceptors (Lipinski definition) is 3. The van der Waals surface area contributed by atoms with E-state index in [2.05, 4.69) is 66.0 Å². The third-order valence-corrected chi connectivity index (χ3v) is 7.24. The van der Waals surface area contributed by atoms with Crippen LogP contribution < -0.4 is 10.2 Å². The number of nitrogens with one attached hydrogen (secondary N) is 1. The fraction of sp³-hybridized carbons (Fsp3) is 0.214. The van der Waals surface area contributed by atoms with Crippen molar-refractivity contribution in [2.45, 2.75) is 39.3 Å². The number of nitrogens with zero attached hydrogens (tertiary/aromatic N) is 3. The van der Waals surface area contributed by atoms with Crippen LogP contribution in [0.3, 0.4) is 0 Å². The molecule has 2 aromatic heterocycles. The molecule has 0 aliphatic carbocycles. The molecule has 2 N–H and O–H groups in total. The Kier molecular flexibility index (Phi) is 6.26. The Labute approximate surface area is 216 Å². The average Bonchev–Trinajstić information content (AvgIpc) is 3.36. The molecule has 5 rings (SSSR count). The molecule has 2 aromatic carbocycles. The lowest BCUT2D eigenvalue weighted by atomic mass is 9.96. The summed E-state index contributed by atoms with van der Waals surface area (Å²) in [6.45, 7) is 6.40. The second-order valence-corrected chi connectivity index (χ2v) is 9.63. The van der Waals surface area contributed by atoms with Gasteiger partial charge in [-0.2, -0.15) is 0 Å². The summed E-state index contributed by atoms with van der Waals surface area (Å²) >= 11 is 12.1. The number of pyridine rings is 1. The second kappa shape index (κ2) is 9.36. The molecule has 1 saturated heterocycles. The number of rotatable bonds is 5. The molecule has 0 saturated carbocycles. The van der Waals surface area contributed by atoms with E-state index in [9.17, 15) is 5.11 Å². The SMILES string of the molecule is CCc1ccc(-n2c(C)cc([C@H]3[C@H](c4ccccn4)NC(=S)N3c3cc(Cl)ccc3O)c2C)cc1. The van der Waals surface area contributed by atoms with Crippen LogP contribution in [0.25, 0.3) is 5.69 Å². The molecule has 178 valence electrons. The van der Waals surface area contributed by atoms with E-state index in [0.717, 1.165) is 34.8 Å². The maximum Gasteiger partial charge on any atom is 0.174 e. The van der Waals surface area contributed by atoms with E-state index in [4.69, 9.17) is 23.8 Å². The van der Waals surface area contributed by atoms with Gasteiger partial charge in [-0.05, 0) is 92.1 Å². The van der Waals surface area contributed by atoms with Crippen LogP contribution in [0.15, 0.2) is 72.9 Å². The van der Waals surface area contributed by atoms with Gasteiger partial charge < -0.3 is 19.9 Å². The fourth-order valence-corrected chi connectivity index (χ4v) is 5.49. The molecule has 5 nitrogen and oxygen atoms in total. The van der Waals surface area contributed by atoms with Gasteiger partial charge in [-0.3, -0.25) is 4.98 Å². The monoisotopic (exact) mass is 502 g/mol. The topological polar surface area (TPSA) is 53.3 Å². The van der Waals surface area contributed by atoms with Crippen molar-refractivity contribution in [3.63, 3.8) is 0 Å². The van der Waals surface area contributed by atoms with Crippen LogP contribution in [-0.4, -0.2) is 19.8 Å². The van der Waals surface area contributed by atoms with Crippen molar-refractivity contribution in [3.8, 4) is 11.4 Å². The summed E-state index contributed by atoms with van der Waals surface area (Å²) in [6, 6.07) is 21.3. The average molecular weight is 503 g/mol. The van der Waals surface area contributed by atoms with E-state index in [-0.39, 0.29) is 17.8 Å². The maximum absolute atomic E-state index is 10.8. The van der Waals surface area contributed by atoms with Crippen LogP contribution in [0, 0.1) is 13.8 Å². The van der Waals surface area contributed by atoms with Gasteiger partial charge in [0.15, 0.2) is 5.11 Å². The highest BCUT2D eigenvalue weighted by Gasteiger charge is 2.43. The smallest absolute Gasteiger partial charge is 0.174 e. The zero-order chi connectivity index (χ0) is 24.7. The fourth-order valence-electron chi connectivity index (χ4n) is 4.99. The van der Waals surface area contributed by atoms with Gasteiger partial charge in [0.05, 0.1) is 23.5 Å². The first kappa shape index (κ1) is 23.4. The normalized spacial score (nSPS) is 17.6. The third-order valence-electron chi connectivity index (χ3n) is 6.69. The number of thiocarbonyl (C=S) groups is 1. The van der Waals surface area contributed by atoms with Crippen LogP contribution in [0.2, 0.25) is 5.02 Å². The number of phenols is 1. The summed E-state index contributed by atoms with van der Waals surface area (Å²) in [5.74, 6) is 0.120. The van der Waals surface area contributed by atoms with Crippen LogP contribution in [0.1, 0.15) is 47.2 Å². The lowest BCUT2D eigenvalue weighted by molar-refractivity contribution is 0.472. The Morgan fingerprint density at radius 1 is 1.06 bits per heavy atom. The van der Waals surface area contributed by atoms with Crippen molar-refractivity contribution >= 4 is 34.6 Å². The zero-order valence-electron chi connectivity index (χ0n) is 19.9. The van der Waals surface area contributed by atoms with Gasteiger partial charge in [0, 0.05) is 28.3 Å². The molecule has 1 aliphatic rings. The van der Waals surface area contributed by atoms with E-state index in [0.29, 0.717) is 15.8 Å². The predicted octanol–water partition coefficient (Wildman–Crippen LogP) is 6.59. The summed E-state index contributed by atoms with van der Waals surface area (Å²) < 4.78 is 2.27. The van der Waals surface area contributed by atoms with Crippen molar-refractivity contribution in [1.82, 2.24) is 14.9 Å². The maximum atomic E-state index is 10.8. The Morgan fingerprint density at radius 3 is 2.51 bits per heavy atom. The Hall–Kier alpha value is -3.35. The largest absolute Gasteiger partial charge is 0.506 e. The lowest BCUT2D eigenvalue weighted by Gasteiger charge is -2.28. The van der Waals surface area contributed by atoms with Crippen LogP contribution >= 0.6 is 23.8 Å². The summed E-state index contributed by atoms with van der Waals surface area (Å²) in [6.07, 6.45) is 2.79. The minimum Gasteiger partial charge on any atom is -0.506 e. The van der Waals surface area contributed by atoms with Crippen molar-refractivity contribution in [2.75, 3.05) is 4.90 Å². The Bertz CT molecular complexity index is 1380. The van der Waals surface area contributed by atoms with Gasteiger partial charge >= 0.3 is 0 Å². The van der Waals surface area contributed by atoms with Crippen molar-refractivity contribution < 1.29 is 5.11 Å². The molecule has 0 spiro atoms. The number of hydrogen-bond donors (Lipinski definition) is 2. The van der Waals surface area contributed by atoms with Gasteiger partial charge in [0.1, 0.15) is 5.75 Å². The number of aromatic hydroxyl groups is 1. The summed E-state index contributed by atoms with van der Waals surface area (Å²) in [7, 11) is 0. The molecule has 3 heterocycles. The summed E-state index contributed by atoms with van der Waals surface area (Å²) in [4.78, 5) is 6.59. The molecule has 4 aromatic rings. The van der Waals surface area contributed by atoms with Gasteiger partial charge in [-0.25, -0.2) is 0 Å². The van der Waals surface area contributed by atoms with E-state index < -0.39 is 0 Å². The first-order chi connectivity index (χ1) is 16.9. The number of aryl methyl sites for hydroxylation is 2. The Morgan fingerprint density at radius 2 is 1.83 bits per heavy atom. The van der Waals surface area contributed by atoms with E-state index in [1.165, 1.54) is 5.56 Å². The lowest BCUT2D eigenvalue weighted by Crippen LogP contribution is -2.29. The zero-order valence-corrected chi connectivity index (χ0v) is 21.4. The Balaban J connectivity index is 1.68. The molecule has 0 radical (unpaired) electrons. The number of benzene rings is 2. The molecular weight excluding hydrogens is 476 g/mol. The molecule has 1 aliphatic heterocycles. The molecule has 0 unspecified atom stereocenters. The van der Waals surface area contributed by atoms with Gasteiger partial charge in [0.2, 0.25) is 0 Å². The molecule has 2 atom stereocenters. The number of aromatic nitrogens is 2. The number of anilines is 1. The van der Waals surface area contributed by atoms with Gasteiger partial charge in [-0.15, -0.1) is 0 Å². The molecular formula is C28H27ClN4OS. The van der Waals surface area contributed by atoms with Gasteiger partial charge in [0.25, 0.3) is 0 Å². The van der Waals surface area contributed by atoms with E-state index in [1.807, 2.05) is 23.1 Å². The number of phenolic OH excluding ortho intramolecular Hbond substituents is 1. The molecule has 0 amide bonds. The molecule has 1 fully saturated rings. The molecule has 35 heavy (non-hydrogen) atoms. The van der Waals surface area contributed by atoms with Crippen LogP contribution in [0.5, 0.6) is 5.75 Å². The number of halogens is 1. The van der Waals surface area contributed by atoms with E-state index in [1.54, 1.807) is 24.4 Å². The molecule has 7 heteroatoms.